The van der Waals surface area contributed by atoms with Gasteiger partial charge in [0.05, 0.1) is 0 Å². The van der Waals surface area contributed by atoms with E-state index in [9.17, 15) is 0 Å². The Morgan fingerprint density at radius 1 is 0.840 bits per heavy atom. The van der Waals surface area contributed by atoms with Crippen LogP contribution in [0.15, 0.2) is 66.7 Å². The van der Waals surface area contributed by atoms with E-state index in [1.54, 1.807) is 11.9 Å². The summed E-state index contributed by atoms with van der Waals surface area (Å²) in [5, 5.41) is 2.41. The molecule has 0 aliphatic rings. The SMILES string of the molecule is CC(NSC(C)(C)C)c1ccc(Oc2ccc3ccccc3c2)cc1. The first-order valence-electron chi connectivity index (χ1n) is 8.61. The maximum absolute atomic E-state index is 6.01. The molecule has 0 heterocycles. The summed E-state index contributed by atoms with van der Waals surface area (Å²) in [5.74, 6) is 1.72. The number of hydrogen-bond acceptors (Lipinski definition) is 3. The molecule has 1 unspecified atom stereocenters. The van der Waals surface area contributed by atoms with Crippen molar-refractivity contribution in [3.63, 3.8) is 0 Å². The molecule has 0 fully saturated rings. The van der Waals surface area contributed by atoms with Crippen molar-refractivity contribution in [3.8, 4) is 11.5 Å². The average molecular weight is 352 g/mol. The van der Waals surface area contributed by atoms with Crippen molar-refractivity contribution in [2.24, 2.45) is 0 Å². The van der Waals surface area contributed by atoms with Crippen molar-refractivity contribution in [2.45, 2.75) is 38.5 Å². The second-order valence-electron chi connectivity index (χ2n) is 7.23. The van der Waals surface area contributed by atoms with Gasteiger partial charge in [0, 0.05) is 10.8 Å². The summed E-state index contributed by atoms with van der Waals surface area (Å²) in [6.07, 6.45) is 0. The molecule has 3 rings (SSSR count). The van der Waals surface area contributed by atoms with Gasteiger partial charge in [0.25, 0.3) is 0 Å². The fraction of sp³-hybridized carbons (Fsp3) is 0.273. The van der Waals surface area contributed by atoms with E-state index in [-0.39, 0.29) is 4.75 Å². The maximum atomic E-state index is 6.01. The lowest BCUT2D eigenvalue weighted by Crippen LogP contribution is -2.19. The normalized spacial score (nSPS) is 13.0. The molecule has 3 aromatic rings. The van der Waals surface area contributed by atoms with Gasteiger partial charge < -0.3 is 4.74 Å². The van der Waals surface area contributed by atoms with E-state index < -0.39 is 0 Å². The lowest BCUT2D eigenvalue weighted by molar-refractivity contribution is 0.483. The molecule has 25 heavy (non-hydrogen) atoms. The second kappa shape index (κ2) is 7.51. The van der Waals surface area contributed by atoms with Crippen LogP contribution in [0.4, 0.5) is 0 Å². The van der Waals surface area contributed by atoms with E-state index in [0.717, 1.165) is 11.5 Å². The first-order valence-corrected chi connectivity index (χ1v) is 9.42. The van der Waals surface area contributed by atoms with Crippen LogP contribution >= 0.6 is 11.9 Å². The number of benzene rings is 3. The van der Waals surface area contributed by atoms with Gasteiger partial charge in [-0.2, -0.15) is 0 Å². The molecule has 0 amide bonds. The van der Waals surface area contributed by atoms with E-state index >= 15 is 0 Å². The van der Waals surface area contributed by atoms with Crippen molar-refractivity contribution >= 4 is 22.7 Å². The monoisotopic (exact) mass is 351 g/mol. The van der Waals surface area contributed by atoms with Gasteiger partial charge in [-0.3, -0.25) is 4.72 Å². The molecular weight excluding hydrogens is 326 g/mol. The van der Waals surface area contributed by atoms with Crippen LogP contribution in [0.25, 0.3) is 10.8 Å². The van der Waals surface area contributed by atoms with Crippen molar-refractivity contribution in [1.82, 2.24) is 4.72 Å². The molecule has 0 bridgehead atoms. The first-order chi connectivity index (χ1) is 11.9. The van der Waals surface area contributed by atoms with Crippen molar-refractivity contribution < 1.29 is 4.74 Å². The van der Waals surface area contributed by atoms with Crippen LogP contribution in [-0.2, 0) is 0 Å². The molecule has 0 spiro atoms. The molecule has 0 saturated heterocycles. The summed E-state index contributed by atoms with van der Waals surface area (Å²) < 4.78 is 9.72. The number of nitrogens with one attached hydrogen (secondary N) is 1. The zero-order valence-electron chi connectivity index (χ0n) is 15.2. The van der Waals surface area contributed by atoms with Crippen molar-refractivity contribution in [2.75, 3.05) is 0 Å². The number of fused-ring (bicyclic) bond motifs is 1. The minimum Gasteiger partial charge on any atom is -0.457 e. The van der Waals surface area contributed by atoms with E-state index in [1.165, 1.54) is 16.3 Å². The lowest BCUT2D eigenvalue weighted by atomic mass is 10.1. The van der Waals surface area contributed by atoms with Gasteiger partial charge in [0.15, 0.2) is 0 Å². The lowest BCUT2D eigenvalue weighted by Gasteiger charge is -2.22. The van der Waals surface area contributed by atoms with Crippen LogP contribution in [-0.4, -0.2) is 4.75 Å². The van der Waals surface area contributed by atoms with Gasteiger partial charge in [0.2, 0.25) is 0 Å². The van der Waals surface area contributed by atoms with E-state index in [4.69, 9.17) is 4.74 Å². The predicted molar refractivity (Wildman–Crippen MR) is 109 cm³/mol. The largest absolute Gasteiger partial charge is 0.457 e. The minimum atomic E-state index is 0.202. The molecule has 0 radical (unpaired) electrons. The molecule has 0 aliphatic heterocycles. The summed E-state index contributed by atoms with van der Waals surface area (Å²) in [6.45, 7) is 8.80. The highest BCUT2D eigenvalue weighted by Crippen LogP contribution is 2.28. The topological polar surface area (TPSA) is 21.3 Å². The molecule has 0 aliphatic carbocycles. The van der Waals surface area contributed by atoms with E-state index in [0.29, 0.717) is 6.04 Å². The highest BCUT2D eigenvalue weighted by molar-refractivity contribution is 7.98. The standard InChI is InChI=1S/C22H25NOS/c1-16(23-25-22(2,3)4)17-9-12-20(13-10-17)24-21-14-11-18-7-5-6-8-19(18)15-21/h5-16,23H,1-4H3. The molecule has 2 nitrogen and oxygen atoms in total. The Hall–Kier alpha value is -1.97. The summed E-state index contributed by atoms with van der Waals surface area (Å²) in [6, 6.07) is 23.1. The van der Waals surface area contributed by atoms with Crippen molar-refractivity contribution in [3.05, 3.63) is 72.3 Å². The fourth-order valence-electron chi connectivity index (χ4n) is 2.52. The Balaban J connectivity index is 1.67. The van der Waals surface area contributed by atoms with Crippen molar-refractivity contribution in [1.29, 1.82) is 0 Å². The average Bonchev–Trinajstić information content (AvgIpc) is 2.59. The van der Waals surface area contributed by atoms with Gasteiger partial charge in [0.1, 0.15) is 11.5 Å². The number of ether oxygens (including phenoxy) is 1. The van der Waals surface area contributed by atoms with E-state index in [2.05, 4.69) is 74.9 Å². The highest BCUT2D eigenvalue weighted by atomic mass is 32.2. The molecule has 1 atom stereocenters. The van der Waals surface area contributed by atoms with E-state index in [1.807, 2.05) is 24.3 Å². The number of hydrogen-bond donors (Lipinski definition) is 1. The predicted octanol–water partition coefficient (Wildman–Crippen LogP) is 6.73. The molecule has 1 N–H and O–H groups in total. The third kappa shape index (κ3) is 5.00. The third-order valence-corrected chi connectivity index (χ3v) is 4.96. The zero-order chi connectivity index (χ0) is 17.9. The molecule has 3 heteroatoms. The molecule has 3 aromatic carbocycles. The van der Waals surface area contributed by atoms with Crippen LogP contribution in [0.5, 0.6) is 11.5 Å². The third-order valence-electron chi connectivity index (χ3n) is 3.88. The summed E-state index contributed by atoms with van der Waals surface area (Å²) in [5.41, 5.74) is 1.25. The summed E-state index contributed by atoms with van der Waals surface area (Å²) in [4.78, 5) is 0. The smallest absolute Gasteiger partial charge is 0.128 e. The Bertz CT molecular complexity index is 837. The Morgan fingerprint density at radius 2 is 1.48 bits per heavy atom. The summed E-state index contributed by atoms with van der Waals surface area (Å²) >= 11 is 1.76. The van der Waals surface area contributed by atoms with Crippen LogP contribution in [0.1, 0.15) is 39.3 Å². The van der Waals surface area contributed by atoms with Gasteiger partial charge in [-0.25, -0.2) is 0 Å². The van der Waals surface area contributed by atoms with Crippen LogP contribution < -0.4 is 9.46 Å². The van der Waals surface area contributed by atoms with Crippen LogP contribution in [0, 0.1) is 0 Å². The quantitative estimate of drug-likeness (QED) is 0.515. The summed E-state index contributed by atoms with van der Waals surface area (Å²) in [7, 11) is 0. The second-order valence-corrected chi connectivity index (χ2v) is 8.90. The maximum Gasteiger partial charge on any atom is 0.128 e. The molecule has 130 valence electrons. The Kier molecular flexibility index (Phi) is 5.36. The molecule has 0 saturated carbocycles. The first kappa shape index (κ1) is 17.8. The van der Waals surface area contributed by atoms with Crippen LogP contribution in [0.2, 0.25) is 0 Å². The van der Waals surface area contributed by atoms with Crippen LogP contribution in [0.3, 0.4) is 0 Å². The molecular formula is C22H25NOS. The Labute approximate surface area is 154 Å². The van der Waals surface area contributed by atoms with Gasteiger partial charge in [-0.05, 0) is 68.3 Å². The highest BCUT2D eigenvalue weighted by Gasteiger charge is 2.13. The number of rotatable bonds is 5. The van der Waals surface area contributed by atoms with Gasteiger partial charge in [-0.15, -0.1) is 0 Å². The Morgan fingerprint density at radius 3 is 2.16 bits per heavy atom. The molecule has 0 aromatic heterocycles. The van der Waals surface area contributed by atoms with Gasteiger partial charge >= 0.3 is 0 Å². The minimum absolute atomic E-state index is 0.202. The zero-order valence-corrected chi connectivity index (χ0v) is 16.1. The van der Waals surface area contributed by atoms with Gasteiger partial charge in [-0.1, -0.05) is 54.4 Å². The fourth-order valence-corrected chi connectivity index (χ4v) is 3.19.